The summed E-state index contributed by atoms with van der Waals surface area (Å²) in [7, 11) is 0. The van der Waals surface area contributed by atoms with Crippen LogP contribution in [0, 0.1) is 0 Å². The minimum absolute atomic E-state index is 0.0519. The predicted octanol–water partition coefficient (Wildman–Crippen LogP) is 1.05. The van der Waals surface area contributed by atoms with Crippen molar-refractivity contribution in [3.63, 3.8) is 0 Å². The van der Waals surface area contributed by atoms with Crippen LogP contribution in [0.1, 0.15) is 40.0 Å². The minimum atomic E-state index is -0.703. The molecule has 0 spiro atoms. The molecule has 0 aliphatic rings. The fourth-order valence-corrected chi connectivity index (χ4v) is 1.27. The Labute approximate surface area is 92.6 Å². The Morgan fingerprint density at radius 2 is 1.93 bits per heavy atom. The zero-order valence-corrected chi connectivity index (χ0v) is 10.1. The zero-order valence-electron chi connectivity index (χ0n) is 10.1. The molecule has 4 heteroatoms. The highest BCUT2D eigenvalue weighted by Gasteiger charge is 2.29. The molecule has 3 N–H and O–H groups in total. The molecule has 0 saturated heterocycles. The van der Waals surface area contributed by atoms with Crippen molar-refractivity contribution >= 4 is 5.91 Å². The highest BCUT2D eigenvalue weighted by molar-refractivity contribution is 5.85. The molecule has 0 aliphatic carbocycles. The van der Waals surface area contributed by atoms with Gasteiger partial charge in [0.15, 0.2) is 0 Å². The van der Waals surface area contributed by atoms with Gasteiger partial charge in [-0.1, -0.05) is 13.8 Å². The van der Waals surface area contributed by atoms with Gasteiger partial charge in [0, 0.05) is 19.8 Å². The van der Waals surface area contributed by atoms with Crippen LogP contribution in [0.5, 0.6) is 0 Å². The Morgan fingerprint density at radius 1 is 1.33 bits per heavy atom. The normalized spacial score (nSPS) is 11.5. The van der Waals surface area contributed by atoms with Crippen molar-refractivity contribution < 1.29 is 9.53 Å². The first-order valence-corrected chi connectivity index (χ1v) is 5.75. The number of nitrogens with one attached hydrogen (secondary N) is 1. The molecule has 15 heavy (non-hydrogen) atoms. The van der Waals surface area contributed by atoms with Crippen LogP contribution in [0.25, 0.3) is 0 Å². The predicted molar refractivity (Wildman–Crippen MR) is 61.6 cm³/mol. The van der Waals surface area contributed by atoms with Gasteiger partial charge in [0.25, 0.3) is 0 Å². The summed E-state index contributed by atoms with van der Waals surface area (Å²) >= 11 is 0. The molecule has 0 heterocycles. The van der Waals surface area contributed by atoms with Crippen molar-refractivity contribution in [2.75, 3.05) is 19.8 Å². The molecule has 0 saturated carbocycles. The fraction of sp³-hybridized carbons (Fsp3) is 0.909. The number of ether oxygens (including phenoxy) is 1. The van der Waals surface area contributed by atoms with Crippen molar-refractivity contribution in [2.45, 2.75) is 45.6 Å². The van der Waals surface area contributed by atoms with Gasteiger partial charge >= 0.3 is 0 Å². The van der Waals surface area contributed by atoms with E-state index < -0.39 is 5.54 Å². The topological polar surface area (TPSA) is 64.3 Å². The molecule has 0 aromatic rings. The summed E-state index contributed by atoms with van der Waals surface area (Å²) in [6.45, 7) is 7.87. The van der Waals surface area contributed by atoms with Crippen molar-refractivity contribution in [2.24, 2.45) is 5.73 Å². The lowest BCUT2D eigenvalue weighted by molar-refractivity contribution is -0.126. The van der Waals surface area contributed by atoms with Crippen LogP contribution >= 0.6 is 0 Å². The van der Waals surface area contributed by atoms with Crippen LogP contribution < -0.4 is 11.1 Å². The number of carbonyl (C=O) groups excluding carboxylic acids is 1. The molecule has 90 valence electrons. The molecule has 0 atom stereocenters. The molecule has 0 radical (unpaired) electrons. The molecule has 0 unspecified atom stereocenters. The maximum atomic E-state index is 11.7. The van der Waals surface area contributed by atoms with Crippen LogP contribution in [-0.4, -0.2) is 31.2 Å². The van der Waals surface area contributed by atoms with Gasteiger partial charge in [-0.25, -0.2) is 0 Å². The summed E-state index contributed by atoms with van der Waals surface area (Å²) in [5.74, 6) is -0.0519. The second-order valence-corrected chi connectivity index (χ2v) is 3.67. The van der Waals surface area contributed by atoms with Gasteiger partial charge in [0.2, 0.25) is 5.91 Å². The third kappa shape index (κ3) is 5.14. The molecule has 0 fully saturated rings. The second kappa shape index (κ2) is 7.65. The van der Waals surface area contributed by atoms with E-state index in [1.165, 1.54) is 0 Å². The Bertz CT molecular complexity index is 179. The molecule has 0 aromatic heterocycles. The number of carbonyl (C=O) groups is 1. The number of nitrogens with two attached hydrogens (primary N) is 1. The average Bonchev–Trinajstić information content (AvgIpc) is 2.27. The van der Waals surface area contributed by atoms with E-state index >= 15 is 0 Å². The summed E-state index contributed by atoms with van der Waals surface area (Å²) in [6.07, 6.45) is 2.17. The third-order valence-electron chi connectivity index (χ3n) is 2.67. The van der Waals surface area contributed by atoms with Gasteiger partial charge < -0.3 is 15.8 Å². The zero-order chi connectivity index (χ0) is 11.7. The highest BCUT2D eigenvalue weighted by atomic mass is 16.5. The number of hydrogen-bond acceptors (Lipinski definition) is 3. The van der Waals surface area contributed by atoms with Gasteiger partial charge in [0.1, 0.15) is 0 Å². The number of hydrogen-bond donors (Lipinski definition) is 2. The van der Waals surface area contributed by atoms with E-state index in [4.69, 9.17) is 10.5 Å². The lowest BCUT2D eigenvalue weighted by Crippen LogP contribution is -2.53. The van der Waals surface area contributed by atoms with E-state index in [2.05, 4.69) is 5.32 Å². The lowest BCUT2D eigenvalue weighted by Gasteiger charge is -2.25. The Hall–Kier alpha value is -0.610. The molecule has 0 aliphatic heterocycles. The van der Waals surface area contributed by atoms with Gasteiger partial charge in [0.05, 0.1) is 5.54 Å². The van der Waals surface area contributed by atoms with E-state index in [1.54, 1.807) is 0 Å². The first-order valence-electron chi connectivity index (χ1n) is 5.75. The lowest BCUT2D eigenvalue weighted by atomic mass is 9.93. The first kappa shape index (κ1) is 14.4. The van der Waals surface area contributed by atoms with Crippen molar-refractivity contribution in [1.29, 1.82) is 0 Å². The Balaban J connectivity index is 3.73. The van der Waals surface area contributed by atoms with Gasteiger partial charge in [-0.15, -0.1) is 0 Å². The van der Waals surface area contributed by atoms with E-state index in [1.807, 2.05) is 20.8 Å². The molecule has 0 rings (SSSR count). The van der Waals surface area contributed by atoms with Crippen molar-refractivity contribution in [3.05, 3.63) is 0 Å². The smallest absolute Gasteiger partial charge is 0.240 e. The Morgan fingerprint density at radius 3 is 2.40 bits per heavy atom. The van der Waals surface area contributed by atoms with Crippen LogP contribution in [0.3, 0.4) is 0 Å². The molecule has 0 aromatic carbocycles. The minimum Gasteiger partial charge on any atom is -0.382 e. The number of amides is 1. The molecule has 1 amide bonds. The highest BCUT2D eigenvalue weighted by Crippen LogP contribution is 2.10. The summed E-state index contributed by atoms with van der Waals surface area (Å²) in [5, 5.41) is 2.84. The van der Waals surface area contributed by atoms with Gasteiger partial charge in [-0.05, 0) is 26.2 Å². The van der Waals surface area contributed by atoms with Crippen LogP contribution in [0.4, 0.5) is 0 Å². The largest absolute Gasteiger partial charge is 0.382 e. The van der Waals surface area contributed by atoms with Crippen molar-refractivity contribution in [3.8, 4) is 0 Å². The summed E-state index contributed by atoms with van der Waals surface area (Å²) in [5.41, 5.74) is 5.23. The van der Waals surface area contributed by atoms with Crippen molar-refractivity contribution in [1.82, 2.24) is 5.32 Å². The van der Waals surface area contributed by atoms with E-state index in [0.717, 1.165) is 13.0 Å². The summed E-state index contributed by atoms with van der Waals surface area (Å²) < 4.78 is 5.17. The van der Waals surface area contributed by atoms with Crippen LogP contribution in [0.15, 0.2) is 0 Å². The third-order valence-corrected chi connectivity index (χ3v) is 2.67. The number of rotatable bonds is 8. The monoisotopic (exact) mass is 216 g/mol. The first-order chi connectivity index (χ1) is 7.10. The van der Waals surface area contributed by atoms with Gasteiger partial charge in [-0.2, -0.15) is 0 Å². The summed E-state index contributed by atoms with van der Waals surface area (Å²) in [6, 6.07) is 0. The average molecular weight is 216 g/mol. The Kier molecular flexibility index (Phi) is 7.34. The molecule has 4 nitrogen and oxygen atoms in total. The van der Waals surface area contributed by atoms with E-state index in [0.29, 0.717) is 26.0 Å². The van der Waals surface area contributed by atoms with Crippen LogP contribution in [0.2, 0.25) is 0 Å². The van der Waals surface area contributed by atoms with Gasteiger partial charge in [-0.3, -0.25) is 4.79 Å². The fourth-order valence-electron chi connectivity index (χ4n) is 1.27. The molecule has 0 bridgehead atoms. The van der Waals surface area contributed by atoms with Crippen LogP contribution in [-0.2, 0) is 9.53 Å². The SMILES string of the molecule is CCOCCCNC(=O)C(N)(CC)CC. The van der Waals surface area contributed by atoms with E-state index in [-0.39, 0.29) is 5.91 Å². The maximum Gasteiger partial charge on any atom is 0.240 e. The maximum absolute atomic E-state index is 11.7. The van der Waals surface area contributed by atoms with E-state index in [9.17, 15) is 4.79 Å². The quantitative estimate of drug-likeness (QED) is 0.596. The standard InChI is InChI=1S/C11H24N2O2/c1-4-11(12,5-2)10(14)13-8-7-9-15-6-3/h4-9,12H2,1-3H3,(H,13,14). The molecular formula is C11H24N2O2. The second-order valence-electron chi connectivity index (χ2n) is 3.67. The molecular weight excluding hydrogens is 192 g/mol. The summed E-state index contributed by atoms with van der Waals surface area (Å²) in [4.78, 5) is 11.7.